The van der Waals surface area contributed by atoms with Crippen LogP contribution in [-0.2, 0) is 9.53 Å². The summed E-state index contributed by atoms with van der Waals surface area (Å²) in [6.45, 7) is 3.88. The molecule has 0 aromatic heterocycles. The van der Waals surface area contributed by atoms with Gasteiger partial charge in [-0.15, -0.1) is 0 Å². The van der Waals surface area contributed by atoms with Crippen LogP contribution in [0.5, 0.6) is 5.75 Å². The quantitative estimate of drug-likeness (QED) is 0.746. The molecular weight excluding hydrogens is 342 g/mol. The van der Waals surface area contributed by atoms with E-state index < -0.39 is 12.1 Å². The highest BCUT2D eigenvalue weighted by Crippen LogP contribution is 2.24. The lowest BCUT2D eigenvalue weighted by atomic mass is 10.2. The number of carbonyl (C=O) groups excluding carboxylic acids is 2. The largest absolute Gasteiger partial charge is 0.481 e. The van der Waals surface area contributed by atoms with Crippen LogP contribution >= 0.6 is 11.6 Å². The first-order valence-corrected chi connectivity index (χ1v) is 8.38. The molecule has 0 saturated carbocycles. The fourth-order valence-electron chi connectivity index (χ4n) is 2.02. The van der Waals surface area contributed by atoms with Gasteiger partial charge in [0.1, 0.15) is 5.75 Å². The number of hydrogen-bond donors (Lipinski definition) is 1. The average molecular weight is 362 g/mol. The molecule has 0 fully saturated rings. The fourth-order valence-corrected chi connectivity index (χ4v) is 2.18. The molecule has 25 heavy (non-hydrogen) atoms. The minimum Gasteiger partial charge on any atom is -0.481 e. The SMILES string of the molecule is CCCOC(=O)c1ccc(Cl)c(NC(=O)[C@H](C)Oc2ccccc2)c1. The summed E-state index contributed by atoms with van der Waals surface area (Å²) < 4.78 is 10.7. The molecule has 1 amide bonds. The van der Waals surface area contributed by atoms with Gasteiger partial charge in [-0.2, -0.15) is 0 Å². The molecule has 0 unspecified atom stereocenters. The van der Waals surface area contributed by atoms with Gasteiger partial charge in [-0.05, 0) is 43.7 Å². The minimum atomic E-state index is -0.728. The van der Waals surface area contributed by atoms with Crippen molar-refractivity contribution >= 4 is 29.2 Å². The van der Waals surface area contributed by atoms with Crippen molar-refractivity contribution in [3.63, 3.8) is 0 Å². The number of halogens is 1. The van der Waals surface area contributed by atoms with Gasteiger partial charge in [0, 0.05) is 0 Å². The van der Waals surface area contributed by atoms with Gasteiger partial charge in [-0.25, -0.2) is 4.79 Å². The van der Waals surface area contributed by atoms with Gasteiger partial charge in [0.2, 0.25) is 0 Å². The van der Waals surface area contributed by atoms with Gasteiger partial charge < -0.3 is 14.8 Å². The molecule has 0 aliphatic carbocycles. The first-order valence-electron chi connectivity index (χ1n) is 8.00. The van der Waals surface area contributed by atoms with Gasteiger partial charge in [-0.1, -0.05) is 36.7 Å². The Morgan fingerprint density at radius 2 is 1.88 bits per heavy atom. The molecular formula is C19H20ClNO4. The topological polar surface area (TPSA) is 64.6 Å². The lowest BCUT2D eigenvalue weighted by Gasteiger charge is -2.15. The molecule has 0 bridgehead atoms. The summed E-state index contributed by atoms with van der Waals surface area (Å²) in [6, 6.07) is 13.6. The maximum Gasteiger partial charge on any atom is 0.338 e. The summed E-state index contributed by atoms with van der Waals surface area (Å²) in [5.41, 5.74) is 0.658. The van der Waals surface area contributed by atoms with Gasteiger partial charge in [0.25, 0.3) is 5.91 Å². The highest BCUT2D eigenvalue weighted by Gasteiger charge is 2.17. The van der Waals surface area contributed by atoms with Crippen molar-refractivity contribution in [1.82, 2.24) is 0 Å². The highest BCUT2D eigenvalue weighted by atomic mass is 35.5. The molecule has 6 heteroatoms. The van der Waals surface area contributed by atoms with Crippen LogP contribution in [0.2, 0.25) is 5.02 Å². The van der Waals surface area contributed by atoms with Crippen molar-refractivity contribution in [1.29, 1.82) is 0 Å². The van der Waals surface area contributed by atoms with E-state index in [1.165, 1.54) is 6.07 Å². The van der Waals surface area contributed by atoms with Crippen LogP contribution in [0.3, 0.4) is 0 Å². The third-order valence-corrected chi connectivity index (χ3v) is 3.65. The van der Waals surface area contributed by atoms with Crippen molar-refractivity contribution in [2.75, 3.05) is 11.9 Å². The number of benzene rings is 2. The molecule has 0 radical (unpaired) electrons. The Hall–Kier alpha value is -2.53. The number of hydrogen-bond acceptors (Lipinski definition) is 4. The number of amides is 1. The Kier molecular flexibility index (Phi) is 6.83. The molecule has 2 aromatic rings. The molecule has 1 N–H and O–H groups in total. The van der Waals surface area contributed by atoms with E-state index in [1.54, 1.807) is 31.2 Å². The van der Waals surface area contributed by atoms with E-state index in [9.17, 15) is 9.59 Å². The lowest BCUT2D eigenvalue weighted by Crippen LogP contribution is -2.30. The normalized spacial score (nSPS) is 11.5. The van der Waals surface area contributed by atoms with Crippen LogP contribution in [0.1, 0.15) is 30.6 Å². The Labute approximate surface area is 151 Å². The number of anilines is 1. The van der Waals surface area contributed by atoms with Crippen LogP contribution < -0.4 is 10.1 Å². The number of carbonyl (C=O) groups is 2. The summed E-state index contributed by atoms with van der Waals surface area (Å²) in [6.07, 6.45) is 0.00577. The minimum absolute atomic E-state index is 0.324. The van der Waals surface area contributed by atoms with Crippen LogP contribution in [-0.4, -0.2) is 24.6 Å². The predicted octanol–water partition coefficient (Wildman–Crippen LogP) is 4.31. The zero-order chi connectivity index (χ0) is 18.2. The zero-order valence-electron chi connectivity index (χ0n) is 14.1. The molecule has 0 spiro atoms. The Balaban J connectivity index is 2.05. The van der Waals surface area contributed by atoms with E-state index in [1.807, 2.05) is 25.1 Å². The van der Waals surface area contributed by atoms with Gasteiger partial charge in [-0.3, -0.25) is 4.79 Å². The van der Waals surface area contributed by atoms with Crippen molar-refractivity contribution in [3.05, 3.63) is 59.1 Å². The second-order valence-corrected chi connectivity index (χ2v) is 5.80. The number of ether oxygens (including phenoxy) is 2. The molecule has 0 aliphatic rings. The zero-order valence-corrected chi connectivity index (χ0v) is 14.9. The smallest absolute Gasteiger partial charge is 0.338 e. The third kappa shape index (κ3) is 5.50. The molecule has 2 rings (SSSR count). The monoisotopic (exact) mass is 361 g/mol. The molecule has 132 valence electrons. The molecule has 0 saturated heterocycles. The lowest BCUT2D eigenvalue weighted by molar-refractivity contribution is -0.122. The van der Waals surface area contributed by atoms with Crippen LogP contribution in [0, 0.1) is 0 Å². The summed E-state index contributed by atoms with van der Waals surface area (Å²) in [7, 11) is 0. The van der Waals surface area contributed by atoms with Crippen molar-refractivity contribution in [3.8, 4) is 5.75 Å². The number of rotatable bonds is 7. The summed E-state index contributed by atoms with van der Waals surface area (Å²) in [5, 5.41) is 3.00. The summed E-state index contributed by atoms with van der Waals surface area (Å²) in [5.74, 6) is -0.236. The summed E-state index contributed by atoms with van der Waals surface area (Å²) in [4.78, 5) is 24.2. The van der Waals surface area contributed by atoms with Gasteiger partial charge in [0.15, 0.2) is 6.10 Å². The van der Waals surface area contributed by atoms with Gasteiger partial charge in [0.05, 0.1) is 22.9 Å². The standard InChI is InChI=1S/C19H20ClNO4/c1-3-11-24-19(23)14-9-10-16(20)17(12-14)21-18(22)13(2)25-15-7-5-4-6-8-15/h4-10,12-13H,3,11H2,1-2H3,(H,21,22)/t13-/m0/s1. The summed E-state index contributed by atoms with van der Waals surface area (Å²) >= 11 is 6.11. The van der Waals surface area contributed by atoms with Crippen LogP contribution in [0.4, 0.5) is 5.69 Å². The first-order chi connectivity index (χ1) is 12.0. The van der Waals surface area contributed by atoms with E-state index >= 15 is 0 Å². The van der Waals surface area contributed by atoms with E-state index in [0.717, 1.165) is 6.42 Å². The van der Waals surface area contributed by atoms with Crippen LogP contribution in [0.15, 0.2) is 48.5 Å². The van der Waals surface area contributed by atoms with Crippen LogP contribution in [0.25, 0.3) is 0 Å². The average Bonchev–Trinajstić information content (AvgIpc) is 2.62. The molecule has 1 atom stereocenters. The van der Waals surface area contributed by atoms with Crippen molar-refractivity contribution in [2.45, 2.75) is 26.4 Å². The second kappa shape index (κ2) is 9.08. The predicted molar refractivity (Wildman–Crippen MR) is 97.2 cm³/mol. The number of esters is 1. The Morgan fingerprint density at radius 1 is 1.16 bits per heavy atom. The van der Waals surface area contributed by atoms with Gasteiger partial charge >= 0.3 is 5.97 Å². The van der Waals surface area contributed by atoms with Crippen molar-refractivity contribution < 1.29 is 19.1 Å². The van der Waals surface area contributed by atoms with E-state index in [-0.39, 0.29) is 5.91 Å². The molecule has 0 aliphatic heterocycles. The number of para-hydroxylation sites is 1. The second-order valence-electron chi connectivity index (χ2n) is 5.39. The maximum atomic E-state index is 12.3. The third-order valence-electron chi connectivity index (χ3n) is 3.32. The maximum absolute atomic E-state index is 12.3. The van der Waals surface area contributed by atoms with E-state index in [2.05, 4.69) is 5.32 Å². The molecule has 2 aromatic carbocycles. The Morgan fingerprint density at radius 3 is 2.56 bits per heavy atom. The van der Waals surface area contributed by atoms with Crippen molar-refractivity contribution in [2.24, 2.45) is 0 Å². The van der Waals surface area contributed by atoms with E-state index in [4.69, 9.17) is 21.1 Å². The molecule has 0 heterocycles. The fraction of sp³-hybridized carbons (Fsp3) is 0.263. The van der Waals surface area contributed by atoms with E-state index in [0.29, 0.717) is 28.6 Å². The first kappa shape index (κ1) is 18.8. The number of nitrogens with one attached hydrogen (secondary N) is 1. The highest BCUT2D eigenvalue weighted by molar-refractivity contribution is 6.33. The Bertz CT molecular complexity index is 733. The molecule has 5 nitrogen and oxygen atoms in total.